The van der Waals surface area contributed by atoms with E-state index in [0.29, 0.717) is 33.8 Å². The van der Waals surface area contributed by atoms with Crippen LogP contribution in [-0.2, 0) is 11.4 Å². The van der Waals surface area contributed by atoms with Crippen LogP contribution in [-0.4, -0.2) is 13.0 Å². The third-order valence-electron chi connectivity index (χ3n) is 4.35. The molecule has 0 bridgehead atoms. The average Bonchev–Trinajstić information content (AvgIpc) is 2.78. The maximum absolute atomic E-state index is 12.7. The third kappa shape index (κ3) is 6.45. The number of nitrogens with zero attached hydrogens (tertiary/aromatic N) is 1. The highest BCUT2D eigenvalue weighted by Crippen LogP contribution is 2.35. The van der Waals surface area contributed by atoms with Gasteiger partial charge in [-0.1, -0.05) is 44.0 Å². The largest absolute Gasteiger partial charge is 0.497 e. The highest BCUT2D eigenvalue weighted by Gasteiger charge is 2.14. The summed E-state index contributed by atoms with van der Waals surface area (Å²) in [5, 5.41) is 12.3. The van der Waals surface area contributed by atoms with Crippen LogP contribution in [0.15, 0.2) is 79.7 Å². The van der Waals surface area contributed by atoms with Gasteiger partial charge in [-0.3, -0.25) is 4.79 Å². The molecule has 0 aliphatic carbocycles. The van der Waals surface area contributed by atoms with E-state index in [4.69, 9.17) is 9.47 Å². The molecule has 32 heavy (non-hydrogen) atoms. The zero-order valence-electron chi connectivity index (χ0n) is 16.9. The van der Waals surface area contributed by atoms with Crippen LogP contribution in [0.3, 0.4) is 0 Å². The van der Waals surface area contributed by atoms with Crippen molar-refractivity contribution in [3.8, 4) is 17.6 Å². The predicted molar refractivity (Wildman–Crippen MR) is 136 cm³/mol. The summed E-state index contributed by atoms with van der Waals surface area (Å²) < 4.78 is 13.6. The van der Waals surface area contributed by atoms with Crippen LogP contribution in [0.25, 0.3) is 6.08 Å². The zero-order valence-corrected chi connectivity index (χ0v) is 21.6. The van der Waals surface area contributed by atoms with Gasteiger partial charge in [0.05, 0.1) is 11.6 Å². The van der Waals surface area contributed by atoms with Crippen molar-refractivity contribution in [2.75, 3.05) is 12.4 Å². The van der Waals surface area contributed by atoms with Gasteiger partial charge in [-0.25, -0.2) is 0 Å². The van der Waals surface area contributed by atoms with E-state index in [1.54, 1.807) is 37.4 Å². The van der Waals surface area contributed by atoms with E-state index < -0.39 is 5.91 Å². The molecule has 5 nitrogen and oxygen atoms in total. The van der Waals surface area contributed by atoms with Crippen molar-refractivity contribution in [3.63, 3.8) is 0 Å². The van der Waals surface area contributed by atoms with E-state index in [-0.39, 0.29) is 5.57 Å². The Bertz CT molecular complexity index is 1180. The van der Waals surface area contributed by atoms with Gasteiger partial charge in [-0.2, -0.15) is 5.26 Å². The number of hydrogen-bond acceptors (Lipinski definition) is 4. The number of amides is 1. The minimum Gasteiger partial charge on any atom is -0.497 e. The van der Waals surface area contributed by atoms with Crippen molar-refractivity contribution < 1.29 is 14.3 Å². The molecule has 0 saturated carbocycles. The number of methoxy groups -OCH3 is 1. The molecule has 0 spiro atoms. The van der Waals surface area contributed by atoms with Gasteiger partial charge in [-0.05, 0) is 76.1 Å². The Kier molecular flexibility index (Phi) is 8.51. The molecule has 8 heteroatoms. The number of carbonyl (C=O) groups is 1. The highest BCUT2D eigenvalue weighted by molar-refractivity contribution is 9.11. The van der Waals surface area contributed by atoms with E-state index in [1.165, 1.54) is 6.08 Å². The molecule has 162 valence electrons. The second kappa shape index (κ2) is 11.3. The topological polar surface area (TPSA) is 71.3 Å². The molecule has 0 fully saturated rings. The van der Waals surface area contributed by atoms with Crippen LogP contribution in [0.4, 0.5) is 5.69 Å². The molecule has 3 aromatic rings. The van der Waals surface area contributed by atoms with E-state index in [1.807, 2.05) is 36.4 Å². The normalized spacial score (nSPS) is 10.9. The van der Waals surface area contributed by atoms with Gasteiger partial charge in [-0.15, -0.1) is 0 Å². The van der Waals surface area contributed by atoms with Crippen LogP contribution < -0.4 is 14.8 Å². The van der Waals surface area contributed by atoms with Crippen molar-refractivity contribution in [1.29, 1.82) is 5.26 Å². The summed E-state index contributed by atoms with van der Waals surface area (Å²) in [4.78, 5) is 12.7. The number of ether oxygens (including phenoxy) is 2. The molecule has 3 aromatic carbocycles. The maximum Gasteiger partial charge on any atom is 0.266 e. The molecule has 1 N–H and O–H groups in total. The smallest absolute Gasteiger partial charge is 0.266 e. The molecular formula is C24H17Br3N2O3. The number of anilines is 1. The van der Waals surface area contributed by atoms with Crippen LogP contribution in [0.2, 0.25) is 0 Å². The first-order chi connectivity index (χ1) is 15.4. The van der Waals surface area contributed by atoms with Crippen LogP contribution >= 0.6 is 47.8 Å². The summed E-state index contributed by atoms with van der Waals surface area (Å²) in [5.41, 5.74) is 2.07. The summed E-state index contributed by atoms with van der Waals surface area (Å²) in [6.07, 6.45) is 1.51. The van der Waals surface area contributed by atoms with Gasteiger partial charge in [0, 0.05) is 20.2 Å². The first kappa shape index (κ1) is 24.1. The number of halogens is 3. The van der Waals surface area contributed by atoms with E-state index in [0.717, 1.165) is 14.5 Å². The lowest BCUT2D eigenvalue weighted by Gasteiger charge is -2.13. The number of carbonyl (C=O) groups excluding carboxylic acids is 1. The zero-order chi connectivity index (χ0) is 23.1. The second-order valence-electron chi connectivity index (χ2n) is 6.57. The SMILES string of the molecule is COc1ccc(NC(=O)/C(C#N)=C/c2cc(Br)cc(Br)c2OCc2ccc(Br)cc2)cc1. The van der Waals surface area contributed by atoms with Gasteiger partial charge in [0.15, 0.2) is 0 Å². The fraction of sp³-hybridized carbons (Fsp3) is 0.0833. The lowest BCUT2D eigenvalue weighted by molar-refractivity contribution is -0.112. The Morgan fingerprint density at radius 2 is 1.72 bits per heavy atom. The lowest BCUT2D eigenvalue weighted by atomic mass is 10.1. The quantitative estimate of drug-likeness (QED) is 0.226. The average molecular weight is 621 g/mol. The number of nitriles is 1. The Balaban J connectivity index is 1.85. The third-order valence-corrected chi connectivity index (χ3v) is 5.92. The standard InChI is InChI=1S/C24H17Br3N2O3/c1-31-21-8-6-20(7-9-21)29-24(30)17(13-28)10-16-11-19(26)12-22(27)23(16)32-14-15-2-4-18(25)5-3-15/h2-12H,14H2,1H3,(H,29,30)/b17-10+. The predicted octanol–water partition coefficient (Wildman–Crippen LogP) is 7.11. The van der Waals surface area contributed by atoms with E-state index in [9.17, 15) is 10.1 Å². The molecule has 3 rings (SSSR count). The van der Waals surface area contributed by atoms with Gasteiger partial charge in [0.2, 0.25) is 0 Å². The Labute approximate surface area is 211 Å². The minimum absolute atomic E-state index is 0.0562. The van der Waals surface area contributed by atoms with Crippen molar-refractivity contribution in [2.24, 2.45) is 0 Å². The summed E-state index contributed by atoms with van der Waals surface area (Å²) in [6.45, 7) is 0.328. The van der Waals surface area contributed by atoms with Crippen LogP contribution in [0, 0.1) is 11.3 Å². The van der Waals surface area contributed by atoms with Gasteiger partial charge < -0.3 is 14.8 Å². The molecule has 0 atom stereocenters. The Morgan fingerprint density at radius 1 is 1.03 bits per heavy atom. The first-order valence-corrected chi connectivity index (χ1v) is 11.7. The lowest BCUT2D eigenvalue weighted by Crippen LogP contribution is -2.13. The first-order valence-electron chi connectivity index (χ1n) is 9.33. The van der Waals surface area contributed by atoms with Crippen LogP contribution in [0.5, 0.6) is 11.5 Å². The van der Waals surface area contributed by atoms with Gasteiger partial charge in [0.1, 0.15) is 29.7 Å². The second-order valence-corrected chi connectivity index (χ2v) is 9.26. The number of hydrogen-bond donors (Lipinski definition) is 1. The van der Waals surface area contributed by atoms with E-state index >= 15 is 0 Å². The van der Waals surface area contributed by atoms with Crippen LogP contribution in [0.1, 0.15) is 11.1 Å². The molecule has 0 aromatic heterocycles. The summed E-state index contributed by atoms with van der Waals surface area (Å²) >= 11 is 10.4. The highest BCUT2D eigenvalue weighted by atomic mass is 79.9. The molecule has 0 aliphatic heterocycles. The molecule has 0 unspecified atom stereocenters. The molecule has 0 radical (unpaired) electrons. The van der Waals surface area contributed by atoms with Crippen molar-refractivity contribution in [2.45, 2.75) is 6.61 Å². The van der Waals surface area contributed by atoms with Crippen molar-refractivity contribution in [3.05, 3.63) is 90.8 Å². The number of rotatable bonds is 7. The summed E-state index contributed by atoms with van der Waals surface area (Å²) in [5.74, 6) is 0.680. The minimum atomic E-state index is -0.521. The molecule has 0 saturated heterocycles. The Hall–Kier alpha value is -2.60. The fourth-order valence-corrected chi connectivity index (χ4v) is 4.39. The summed E-state index contributed by atoms with van der Waals surface area (Å²) in [7, 11) is 1.57. The molecule has 0 aliphatic rings. The fourth-order valence-electron chi connectivity index (χ4n) is 2.75. The molecule has 0 heterocycles. The van der Waals surface area contributed by atoms with E-state index in [2.05, 4.69) is 53.1 Å². The maximum atomic E-state index is 12.7. The molecule has 1 amide bonds. The monoisotopic (exact) mass is 618 g/mol. The summed E-state index contributed by atoms with van der Waals surface area (Å²) in [6, 6.07) is 20.3. The number of benzene rings is 3. The van der Waals surface area contributed by atoms with Crippen molar-refractivity contribution >= 4 is 65.5 Å². The number of nitrogens with one attached hydrogen (secondary N) is 1. The van der Waals surface area contributed by atoms with Gasteiger partial charge in [0.25, 0.3) is 5.91 Å². The van der Waals surface area contributed by atoms with Crippen molar-refractivity contribution in [1.82, 2.24) is 0 Å². The van der Waals surface area contributed by atoms with Gasteiger partial charge >= 0.3 is 0 Å². The molecular weight excluding hydrogens is 604 g/mol. The Morgan fingerprint density at radius 3 is 2.34 bits per heavy atom.